The highest BCUT2D eigenvalue weighted by Crippen LogP contribution is 2.25. The highest BCUT2D eigenvalue weighted by molar-refractivity contribution is 5.57. The van der Waals surface area contributed by atoms with Crippen molar-refractivity contribution in [1.29, 1.82) is 0 Å². The Bertz CT molecular complexity index is 598. The first-order valence-corrected chi connectivity index (χ1v) is 6.73. The van der Waals surface area contributed by atoms with Crippen LogP contribution >= 0.6 is 0 Å². The summed E-state index contributed by atoms with van der Waals surface area (Å²) < 4.78 is 31.8. The molecule has 1 atom stereocenters. The van der Waals surface area contributed by atoms with Gasteiger partial charge in [0.2, 0.25) is 5.88 Å². The summed E-state index contributed by atoms with van der Waals surface area (Å²) in [5.74, 6) is 2.87. The van der Waals surface area contributed by atoms with Crippen LogP contribution in [0.15, 0.2) is 30.7 Å². The van der Waals surface area contributed by atoms with Gasteiger partial charge in [-0.3, -0.25) is 4.98 Å². The van der Waals surface area contributed by atoms with Crippen LogP contribution in [-0.2, 0) is 0 Å². The smallest absolute Gasteiger partial charge is 0.281 e. The third-order valence-electron chi connectivity index (χ3n) is 3.03. The topological polar surface area (TPSA) is 86.0 Å². The van der Waals surface area contributed by atoms with Gasteiger partial charge in [-0.15, -0.1) is 0 Å². The third-order valence-corrected chi connectivity index (χ3v) is 3.03. The number of halogens is 2. The number of nitrogens with zero attached hydrogens (tertiary/aromatic N) is 3. The van der Waals surface area contributed by atoms with Crippen LogP contribution < -0.4 is 16.0 Å². The van der Waals surface area contributed by atoms with E-state index in [-0.39, 0.29) is 12.3 Å². The summed E-state index contributed by atoms with van der Waals surface area (Å²) in [6.45, 7) is 2.47. The van der Waals surface area contributed by atoms with Crippen molar-refractivity contribution in [1.82, 2.24) is 15.0 Å². The molecule has 0 spiro atoms. The largest absolute Gasteiger partial charge is 0.468 e. The summed E-state index contributed by atoms with van der Waals surface area (Å²) in [7, 11) is 0. The number of alkyl halides is 2. The zero-order valence-corrected chi connectivity index (χ0v) is 12.3. The molecule has 0 saturated carbocycles. The van der Waals surface area contributed by atoms with E-state index < -0.39 is 12.0 Å². The first-order valence-electron chi connectivity index (χ1n) is 6.73. The summed E-state index contributed by atoms with van der Waals surface area (Å²) >= 11 is 0. The molecule has 0 bridgehead atoms. The van der Waals surface area contributed by atoms with Crippen molar-refractivity contribution in [2.24, 2.45) is 5.84 Å². The van der Waals surface area contributed by atoms with Gasteiger partial charge in [-0.05, 0) is 12.5 Å². The van der Waals surface area contributed by atoms with E-state index in [4.69, 9.17) is 10.6 Å². The van der Waals surface area contributed by atoms with Gasteiger partial charge in [0.1, 0.15) is 0 Å². The van der Waals surface area contributed by atoms with E-state index in [0.717, 1.165) is 6.92 Å². The second kappa shape index (κ2) is 6.61. The Labute approximate surface area is 126 Å². The lowest BCUT2D eigenvalue weighted by atomic mass is 10.1. The molecule has 2 aromatic rings. The van der Waals surface area contributed by atoms with E-state index in [0.29, 0.717) is 17.1 Å². The van der Waals surface area contributed by atoms with Crippen molar-refractivity contribution < 1.29 is 13.5 Å². The average molecular weight is 309 g/mol. The first-order chi connectivity index (χ1) is 10.4. The highest BCUT2D eigenvalue weighted by atomic mass is 19.3. The fraction of sp³-hybridized carbons (Fsp3) is 0.357. The first kappa shape index (κ1) is 16.0. The number of hydrogen-bond donors (Lipinski definition) is 2. The Morgan fingerprint density at radius 2 is 2.00 bits per heavy atom. The van der Waals surface area contributed by atoms with Gasteiger partial charge in [-0.25, -0.2) is 24.6 Å². The molecule has 2 aromatic heterocycles. The maximum atomic E-state index is 13.3. The molecule has 0 fully saturated rings. The molecule has 1 unspecified atom stereocenters. The van der Waals surface area contributed by atoms with Crippen LogP contribution in [0.2, 0.25) is 0 Å². The van der Waals surface area contributed by atoms with Gasteiger partial charge < -0.3 is 10.2 Å². The van der Waals surface area contributed by atoms with Crippen molar-refractivity contribution in [2.45, 2.75) is 32.3 Å². The number of pyridine rings is 1. The van der Waals surface area contributed by atoms with Crippen LogP contribution in [0.1, 0.15) is 20.3 Å². The Hall–Kier alpha value is -2.35. The van der Waals surface area contributed by atoms with E-state index in [9.17, 15) is 8.78 Å². The van der Waals surface area contributed by atoms with E-state index >= 15 is 0 Å². The summed E-state index contributed by atoms with van der Waals surface area (Å²) in [6, 6.07) is 3.21. The lowest BCUT2D eigenvalue weighted by molar-refractivity contribution is -0.0828. The normalized spacial score (nSPS) is 12.8. The third kappa shape index (κ3) is 3.85. The summed E-state index contributed by atoms with van der Waals surface area (Å²) in [4.78, 5) is 12.2. The van der Waals surface area contributed by atoms with E-state index in [1.165, 1.54) is 24.7 Å². The number of nitrogens with two attached hydrogens (primary N) is 1. The molecule has 2 rings (SSSR count). The summed E-state index contributed by atoms with van der Waals surface area (Å²) in [5, 5.41) is 0. The molecule has 0 aliphatic heterocycles. The summed E-state index contributed by atoms with van der Waals surface area (Å²) in [6.07, 6.45) is 3.48. The Morgan fingerprint density at radius 3 is 2.45 bits per heavy atom. The zero-order chi connectivity index (χ0) is 16.2. The summed E-state index contributed by atoms with van der Waals surface area (Å²) in [5.41, 5.74) is 3.66. The molecule has 118 valence electrons. The van der Waals surface area contributed by atoms with Crippen molar-refractivity contribution in [3.63, 3.8) is 0 Å². The van der Waals surface area contributed by atoms with Crippen molar-refractivity contribution >= 4 is 5.82 Å². The number of aromatic nitrogens is 3. The number of ether oxygens (including phenoxy) is 1. The van der Waals surface area contributed by atoms with E-state index in [2.05, 4.69) is 20.4 Å². The Morgan fingerprint density at radius 1 is 1.23 bits per heavy atom. The molecule has 2 heterocycles. The van der Waals surface area contributed by atoms with Crippen LogP contribution in [0.3, 0.4) is 0 Å². The maximum absolute atomic E-state index is 13.3. The van der Waals surface area contributed by atoms with Crippen LogP contribution in [0, 0.1) is 0 Å². The number of nitrogens with one attached hydrogen (secondary N) is 1. The van der Waals surface area contributed by atoms with Crippen molar-refractivity contribution in [3.8, 4) is 17.1 Å². The molecular formula is C14H17F2N5O. The van der Waals surface area contributed by atoms with Gasteiger partial charge in [0, 0.05) is 24.8 Å². The molecule has 0 saturated heterocycles. The predicted molar refractivity (Wildman–Crippen MR) is 78.4 cm³/mol. The van der Waals surface area contributed by atoms with Crippen LogP contribution in [0.4, 0.5) is 14.6 Å². The maximum Gasteiger partial charge on any atom is 0.281 e. The molecule has 0 aliphatic rings. The van der Waals surface area contributed by atoms with Gasteiger partial charge in [0.25, 0.3) is 5.92 Å². The molecule has 6 nitrogen and oxygen atoms in total. The fourth-order valence-electron chi connectivity index (χ4n) is 1.84. The molecule has 22 heavy (non-hydrogen) atoms. The SMILES string of the molecule is CCC(Oc1ccc(-c2cnc(NN)cn2)cn1)C(C)(F)F. The fourth-order valence-corrected chi connectivity index (χ4v) is 1.84. The molecular weight excluding hydrogens is 292 g/mol. The second-order valence-corrected chi connectivity index (χ2v) is 4.79. The number of nitrogen functional groups attached to an aromatic ring is 1. The highest BCUT2D eigenvalue weighted by Gasteiger charge is 2.34. The minimum absolute atomic E-state index is 0.144. The van der Waals surface area contributed by atoms with Gasteiger partial charge in [0.05, 0.1) is 18.1 Å². The number of hydrazine groups is 1. The lowest BCUT2D eigenvalue weighted by Gasteiger charge is -2.22. The zero-order valence-electron chi connectivity index (χ0n) is 12.3. The second-order valence-electron chi connectivity index (χ2n) is 4.79. The van der Waals surface area contributed by atoms with Gasteiger partial charge >= 0.3 is 0 Å². The standard InChI is InChI=1S/C14H17F2N5O/c1-3-11(14(2,15)16)22-13-5-4-9(6-20-13)10-7-19-12(21-17)8-18-10/h4-8,11H,3,17H2,1-2H3,(H,19,21). The van der Waals surface area contributed by atoms with Crippen molar-refractivity contribution in [2.75, 3.05) is 5.43 Å². The minimum Gasteiger partial charge on any atom is -0.468 e. The quantitative estimate of drug-likeness (QED) is 0.630. The molecule has 0 radical (unpaired) electrons. The monoisotopic (exact) mass is 309 g/mol. The van der Waals surface area contributed by atoms with Crippen LogP contribution in [0.25, 0.3) is 11.3 Å². The van der Waals surface area contributed by atoms with E-state index in [1.54, 1.807) is 13.0 Å². The van der Waals surface area contributed by atoms with Crippen molar-refractivity contribution in [3.05, 3.63) is 30.7 Å². The Balaban J connectivity index is 2.12. The van der Waals surface area contributed by atoms with Crippen LogP contribution in [-0.4, -0.2) is 27.0 Å². The molecule has 8 heteroatoms. The number of rotatable bonds is 6. The molecule has 0 aliphatic carbocycles. The number of anilines is 1. The molecule has 0 amide bonds. The van der Waals surface area contributed by atoms with Crippen LogP contribution in [0.5, 0.6) is 5.88 Å². The lowest BCUT2D eigenvalue weighted by Crippen LogP contribution is -2.35. The molecule has 3 N–H and O–H groups in total. The minimum atomic E-state index is -2.92. The van der Waals surface area contributed by atoms with Gasteiger partial charge in [-0.2, -0.15) is 0 Å². The number of hydrogen-bond acceptors (Lipinski definition) is 6. The predicted octanol–water partition coefficient (Wildman–Crippen LogP) is 2.64. The molecule has 0 aromatic carbocycles. The average Bonchev–Trinajstić information content (AvgIpc) is 2.52. The van der Waals surface area contributed by atoms with E-state index in [1.807, 2.05) is 0 Å². The van der Waals surface area contributed by atoms with Gasteiger partial charge in [0.15, 0.2) is 11.9 Å². The van der Waals surface area contributed by atoms with Gasteiger partial charge in [-0.1, -0.05) is 6.92 Å². The Kier molecular flexibility index (Phi) is 4.81.